The second-order valence-electron chi connectivity index (χ2n) is 1.34. The van der Waals surface area contributed by atoms with Crippen molar-refractivity contribution in [1.82, 2.24) is 0 Å². The van der Waals surface area contributed by atoms with E-state index >= 15 is 0 Å². The Morgan fingerprint density at radius 2 is 2.43 bits per heavy atom. The molecule has 0 radical (unpaired) electrons. The molecule has 0 fully saturated rings. The number of hydrogen-bond donors (Lipinski definition) is 0. The third-order valence-electron chi connectivity index (χ3n) is 0.442. The molecule has 7 heavy (non-hydrogen) atoms. The summed E-state index contributed by atoms with van der Waals surface area (Å²) in [4.78, 5) is 10.2. The maximum absolute atomic E-state index is 10.2. The second kappa shape index (κ2) is 3.66. The van der Waals surface area contributed by atoms with Gasteiger partial charge in [0.1, 0.15) is 0 Å². The van der Waals surface area contributed by atoms with Crippen LogP contribution in [0.5, 0.6) is 0 Å². The molecule has 1 unspecified atom stereocenters. The smallest absolute Gasteiger partial charge is 0.193 e. The van der Waals surface area contributed by atoms with Gasteiger partial charge in [0.25, 0.3) is 0 Å². The fourth-order valence-electron chi connectivity index (χ4n) is 0.221. The number of carbonyl (C=O) groups is 1. The highest BCUT2D eigenvalue weighted by Gasteiger charge is 1.99. The molecule has 3 heteroatoms. The van der Waals surface area contributed by atoms with Gasteiger partial charge in [0.05, 0.1) is 0 Å². The van der Waals surface area contributed by atoms with E-state index in [-0.39, 0.29) is 9.17 Å². The zero-order valence-electron chi connectivity index (χ0n) is 3.95. The van der Waals surface area contributed by atoms with E-state index in [4.69, 9.17) is 11.6 Å². The fraction of sp³-hybridized carbons (Fsp3) is 0.750. The van der Waals surface area contributed by atoms with Gasteiger partial charge in [-0.05, 0) is 29.5 Å². The van der Waals surface area contributed by atoms with Gasteiger partial charge in [0.15, 0.2) is 3.79 Å². The molecule has 0 amide bonds. The van der Waals surface area contributed by atoms with Gasteiger partial charge in [-0.15, -0.1) is 11.6 Å². The zero-order chi connectivity index (χ0) is 5.86. The molecule has 0 saturated carbocycles. The molecule has 0 N–H and O–H groups in total. The first kappa shape index (κ1) is 7.69. The summed E-state index contributed by atoms with van der Waals surface area (Å²) in [7, 11) is 0. The molecule has 0 rings (SSSR count). The molecular weight excluding hydrogens is 226 g/mol. The lowest BCUT2D eigenvalue weighted by molar-refractivity contribution is -0.109. The lowest BCUT2D eigenvalue weighted by Crippen LogP contribution is -1.95. The number of halogens is 2. The Morgan fingerprint density at radius 3 is 2.43 bits per heavy atom. The third-order valence-corrected chi connectivity index (χ3v) is 1.04. The van der Waals surface area contributed by atoms with Crippen LogP contribution in [0.25, 0.3) is 0 Å². The van der Waals surface area contributed by atoms with E-state index < -0.39 is 0 Å². The van der Waals surface area contributed by atoms with E-state index in [0.29, 0.717) is 6.42 Å². The van der Waals surface area contributed by atoms with E-state index in [1.165, 1.54) is 0 Å². The molecule has 0 bridgehead atoms. The van der Waals surface area contributed by atoms with Gasteiger partial charge in [0, 0.05) is 11.8 Å². The Morgan fingerprint density at radius 1 is 2.00 bits per heavy atom. The van der Waals surface area contributed by atoms with E-state index in [1.54, 1.807) is 29.5 Å². The molecule has 0 aromatic carbocycles. The van der Waals surface area contributed by atoms with Gasteiger partial charge < -0.3 is 0 Å². The molecule has 0 saturated heterocycles. The predicted octanol–water partition coefficient (Wildman–Crippen LogP) is 1.97. The van der Waals surface area contributed by atoms with Crippen LogP contribution < -0.4 is 0 Å². The largest absolute Gasteiger partial charge is 0.288 e. The molecular formula is C4H6ClIO. The summed E-state index contributed by atoms with van der Waals surface area (Å²) >= 11 is 7.18. The Kier molecular flexibility index (Phi) is 4.02. The average molecular weight is 232 g/mol. The summed E-state index contributed by atoms with van der Waals surface area (Å²) in [5.74, 6) is 0. The summed E-state index contributed by atoms with van der Waals surface area (Å²) < 4.78 is 0.125. The minimum atomic E-state index is -0.00981. The minimum absolute atomic E-state index is 0.00981. The minimum Gasteiger partial charge on any atom is -0.288 e. The van der Waals surface area contributed by atoms with Crippen LogP contribution in [0.15, 0.2) is 0 Å². The van der Waals surface area contributed by atoms with Crippen molar-refractivity contribution in [2.75, 3.05) is 0 Å². The highest BCUT2D eigenvalue weighted by atomic mass is 127. The van der Waals surface area contributed by atoms with E-state index in [0.717, 1.165) is 0 Å². The van der Waals surface area contributed by atoms with Crippen LogP contribution >= 0.6 is 34.2 Å². The molecule has 0 heterocycles. The maximum atomic E-state index is 10.2. The average Bonchev–Trinajstić information content (AvgIpc) is 1.27. The van der Waals surface area contributed by atoms with Crippen molar-refractivity contribution < 1.29 is 4.79 Å². The zero-order valence-corrected chi connectivity index (χ0v) is 6.86. The fourth-order valence-corrected chi connectivity index (χ4v) is 1.28. The standard InChI is InChI=1S/C4H6ClIO/c1-3(5)2-4(6)7/h3H,2H2,1H3. The van der Waals surface area contributed by atoms with E-state index in [2.05, 4.69) is 0 Å². The Balaban J connectivity index is 3.13. The van der Waals surface area contributed by atoms with Crippen molar-refractivity contribution in [1.29, 1.82) is 0 Å². The topological polar surface area (TPSA) is 17.1 Å². The number of alkyl halides is 1. The van der Waals surface area contributed by atoms with Crippen molar-refractivity contribution in [3.8, 4) is 0 Å². The monoisotopic (exact) mass is 232 g/mol. The summed E-state index contributed by atoms with van der Waals surface area (Å²) in [6, 6.07) is 0. The number of carbonyl (C=O) groups excluding carboxylic acids is 1. The molecule has 0 aliphatic carbocycles. The lowest BCUT2D eigenvalue weighted by Gasteiger charge is -1.91. The van der Waals surface area contributed by atoms with Gasteiger partial charge in [-0.3, -0.25) is 4.79 Å². The molecule has 0 spiro atoms. The van der Waals surface area contributed by atoms with Crippen molar-refractivity contribution in [3.63, 3.8) is 0 Å². The normalized spacial score (nSPS) is 13.6. The highest BCUT2D eigenvalue weighted by Crippen LogP contribution is 2.03. The Bertz CT molecular complexity index is 72.1. The molecule has 1 atom stereocenters. The summed E-state index contributed by atoms with van der Waals surface area (Å²) in [6.07, 6.45) is 0.474. The first-order valence-corrected chi connectivity index (χ1v) is 3.47. The van der Waals surface area contributed by atoms with Crippen LogP contribution in [0.2, 0.25) is 0 Å². The van der Waals surface area contributed by atoms with Gasteiger partial charge in [-0.2, -0.15) is 0 Å². The quantitative estimate of drug-likeness (QED) is 0.404. The van der Waals surface area contributed by atoms with Gasteiger partial charge >= 0.3 is 0 Å². The van der Waals surface area contributed by atoms with Crippen LogP contribution in [-0.4, -0.2) is 9.17 Å². The van der Waals surface area contributed by atoms with Crippen LogP contribution in [0.3, 0.4) is 0 Å². The highest BCUT2D eigenvalue weighted by molar-refractivity contribution is 14.1. The second-order valence-corrected chi connectivity index (χ2v) is 3.29. The van der Waals surface area contributed by atoms with Gasteiger partial charge in [-0.25, -0.2) is 0 Å². The van der Waals surface area contributed by atoms with Crippen molar-refractivity contribution >= 4 is 38.0 Å². The summed E-state index contributed by atoms with van der Waals surface area (Å²) in [5, 5.41) is -0.00981. The SMILES string of the molecule is CC(Cl)CC(=O)I. The maximum Gasteiger partial charge on any atom is 0.193 e. The Labute approximate surface area is 61.6 Å². The lowest BCUT2D eigenvalue weighted by atomic mass is 10.4. The summed E-state index contributed by atoms with van der Waals surface area (Å²) in [6.45, 7) is 1.80. The Hall–Kier alpha value is 0.690. The molecule has 0 aliphatic heterocycles. The van der Waals surface area contributed by atoms with Crippen LogP contribution in [0.4, 0.5) is 0 Å². The van der Waals surface area contributed by atoms with Crippen molar-refractivity contribution in [2.24, 2.45) is 0 Å². The molecule has 0 aliphatic rings. The van der Waals surface area contributed by atoms with E-state index in [9.17, 15) is 4.79 Å². The van der Waals surface area contributed by atoms with Gasteiger partial charge in [-0.1, -0.05) is 0 Å². The van der Waals surface area contributed by atoms with E-state index in [1.807, 2.05) is 0 Å². The number of rotatable bonds is 2. The van der Waals surface area contributed by atoms with Crippen LogP contribution in [-0.2, 0) is 4.79 Å². The van der Waals surface area contributed by atoms with Crippen LogP contribution in [0, 0.1) is 0 Å². The predicted molar refractivity (Wildman–Crippen MR) is 39.0 cm³/mol. The molecule has 0 aromatic rings. The molecule has 42 valence electrons. The molecule has 0 aromatic heterocycles. The first-order chi connectivity index (χ1) is 3.13. The number of hydrogen-bond acceptors (Lipinski definition) is 1. The third kappa shape index (κ3) is 6.69. The molecule has 1 nitrogen and oxygen atoms in total. The van der Waals surface area contributed by atoms with Crippen LogP contribution in [0.1, 0.15) is 13.3 Å². The first-order valence-electron chi connectivity index (χ1n) is 1.95. The summed E-state index contributed by atoms with van der Waals surface area (Å²) in [5.41, 5.74) is 0. The van der Waals surface area contributed by atoms with Crippen molar-refractivity contribution in [2.45, 2.75) is 18.7 Å². The van der Waals surface area contributed by atoms with Crippen molar-refractivity contribution in [3.05, 3.63) is 0 Å². The van der Waals surface area contributed by atoms with Gasteiger partial charge in [0.2, 0.25) is 0 Å².